The van der Waals surface area contributed by atoms with Crippen LogP contribution in [-0.4, -0.2) is 25.2 Å². The third-order valence-electron chi connectivity index (χ3n) is 3.05. The van der Waals surface area contributed by atoms with Gasteiger partial charge in [0.25, 0.3) is 0 Å². The first-order valence-electron chi connectivity index (χ1n) is 5.33. The van der Waals surface area contributed by atoms with E-state index in [2.05, 4.69) is 10.3 Å². The van der Waals surface area contributed by atoms with Crippen LogP contribution >= 0.6 is 0 Å². The molecule has 0 spiro atoms. The van der Waals surface area contributed by atoms with Crippen LogP contribution in [0.2, 0.25) is 0 Å². The molecular formula is C10H18N4O. The van der Waals surface area contributed by atoms with Gasteiger partial charge in [-0.25, -0.2) is 4.99 Å². The van der Waals surface area contributed by atoms with Gasteiger partial charge in [0.15, 0.2) is 5.66 Å². The van der Waals surface area contributed by atoms with Crippen molar-refractivity contribution in [3.63, 3.8) is 0 Å². The van der Waals surface area contributed by atoms with Crippen LogP contribution in [0.4, 0.5) is 0 Å². The molecule has 0 radical (unpaired) electrons. The molecule has 0 amide bonds. The lowest BCUT2D eigenvalue weighted by molar-refractivity contribution is 0.0585. The summed E-state index contributed by atoms with van der Waals surface area (Å²) in [4.78, 5) is 4.24. The molecule has 2 rings (SSSR count). The van der Waals surface area contributed by atoms with Gasteiger partial charge in [0.2, 0.25) is 0 Å². The maximum Gasteiger partial charge on any atom is 0.151 e. The van der Waals surface area contributed by atoms with Gasteiger partial charge in [-0.1, -0.05) is 0 Å². The van der Waals surface area contributed by atoms with Gasteiger partial charge < -0.3 is 21.5 Å². The third-order valence-corrected chi connectivity index (χ3v) is 3.05. The maximum absolute atomic E-state index is 6.16. The number of hydrogen-bond donors (Lipinski definition) is 3. The van der Waals surface area contributed by atoms with Crippen molar-refractivity contribution >= 4 is 6.34 Å². The largest absolute Gasteiger partial charge is 0.398 e. The highest BCUT2D eigenvalue weighted by Crippen LogP contribution is 2.28. The molecule has 1 atom stereocenters. The molecule has 1 fully saturated rings. The van der Waals surface area contributed by atoms with Gasteiger partial charge in [0.05, 0.1) is 12.0 Å². The molecule has 0 aliphatic carbocycles. The second-order valence-electron chi connectivity index (χ2n) is 4.21. The monoisotopic (exact) mass is 210 g/mol. The van der Waals surface area contributed by atoms with E-state index in [0.717, 1.165) is 32.5 Å². The van der Waals surface area contributed by atoms with Crippen molar-refractivity contribution < 1.29 is 4.74 Å². The molecule has 5 N–H and O–H groups in total. The van der Waals surface area contributed by atoms with Crippen molar-refractivity contribution in [2.45, 2.75) is 24.9 Å². The molecule has 5 heteroatoms. The lowest BCUT2D eigenvalue weighted by atomic mass is 9.88. The predicted octanol–water partition coefficient (Wildman–Crippen LogP) is -0.110. The normalized spacial score (nSPS) is 32.2. The van der Waals surface area contributed by atoms with E-state index in [1.165, 1.54) is 0 Å². The van der Waals surface area contributed by atoms with Gasteiger partial charge in [0, 0.05) is 19.4 Å². The van der Waals surface area contributed by atoms with Crippen LogP contribution in [0.5, 0.6) is 0 Å². The van der Waals surface area contributed by atoms with Crippen molar-refractivity contribution in [1.29, 1.82) is 0 Å². The molecule has 0 bridgehead atoms. The average Bonchev–Trinajstić information content (AvgIpc) is 2.24. The molecule has 0 aromatic carbocycles. The summed E-state index contributed by atoms with van der Waals surface area (Å²) in [6.45, 7) is 1.65. The Kier molecular flexibility index (Phi) is 2.93. The van der Waals surface area contributed by atoms with E-state index in [9.17, 15) is 0 Å². The zero-order chi connectivity index (χ0) is 10.7. The Morgan fingerprint density at radius 3 is 2.93 bits per heavy atom. The third kappa shape index (κ3) is 2.30. The SMILES string of the molecule is NC1=CNC=NC1(N)CC1CCOCC1. The van der Waals surface area contributed by atoms with E-state index >= 15 is 0 Å². The van der Waals surface area contributed by atoms with Crippen LogP contribution in [0.3, 0.4) is 0 Å². The highest BCUT2D eigenvalue weighted by Gasteiger charge is 2.32. The number of nitrogens with two attached hydrogens (primary N) is 2. The van der Waals surface area contributed by atoms with Crippen molar-refractivity contribution in [2.24, 2.45) is 22.4 Å². The van der Waals surface area contributed by atoms with E-state index in [4.69, 9.17) is 16.2 Å². The van der Waals surface area contributed by atoms with Crippen LogP contribution in [-0.2, 0) is 4.74 Å². The first-order chi connectivity index (χ1) is 7.21. The topological polar surface area (TPSA) is 85.7 Å². The number of hydrogen-bond acceptors (Lipinski definition) is 5. The zero-order valence-corrected chi connectivity index (χ0v) is 8.78. The second kappa shape index (κ2) is 4.20. The van der Waals surface area contributed by atoms with E-state index < -0.39 is 5.66 Å². The van der Waals surface area contributed by atoms with E-state index in [-0.39, 0.29) is 0 Å². The van der Waals surface area contributed by atoms with E-state index in [1.807, 2.05) is 0 Å². The second-order valence-corrected chi connectivity index (χ2v) is 4.21. The minimum absolute atomic E-state index is 0.561. The van der Waals surface area contributed by atoms with Gasteiger partial charge in [0.1, 0.15) is 0 Å². The zero-order valence-electron chi connectivity index (χ0n) is 8.78. The molecule has 1 saturated heterocycles. The molecule has 2 aliphatic heterocycles. The molecule has 15 heavy (non-hydrogen) atoms. The maximum atomic E-state index is 6.16. The summed E-state index contributed by atoms with van der Waals surface area (Å²) in [6.07, 6.45) is 6.23. The first kappa shape index (κ1) is 10.4. The Labute approximate surface area is 89.6 Å². The lowest BCUT2D eigenvalue weighted by Gasteiger charge is -2.33. The predicted molar refractivity (Wildman–Crippen MR) is 59.0 cm³/mol. The summed E-state index contributed by atoms with van der Waals surface area (Å²) in [5.41, 5.74) is 11.9. The molecular weight excluding hydrogens is 192 g/mol. The number of rotatable bonds is 2. The summed E-state index contributed by atoms with van der Waals surface area (Å²) in [5.74, 6) is 0.561. The summed E-state index contributed by atoms with van der Waals surface area (Å²) >= 11 is 0. The molecule has 2 aliphatic rings. The van der Waals surface area contributed by atoms with Gasteiger partial charge in [-0.15, -0.1) is 0 Å². The smallest absolute Gasteiger partial charge is 0.151 e. The van der Waals surface area contributed by atoms with E-state index in [0.29, 0.717) is 11.6 Å². The Hall–Kier alpha value is -1.07. The summed E-state index contributed by atoms with van der Waals surface area (Å²) in [6, 6.07) is 0. The number of nitrogens with zero attached hydrogens (tertiary/aromatic N) is 1. The quantitative estimate of drug-likeness (QED) is 0.593. The lowest BCUT2D eigenvalue weighted by Crippen LogP contribution is -2.48. The highest BCUT2D eigenvalue weighted by molar-refractivity contribution is 5.59. The summed E-state index contributed by atoms with van der Waals surface area (Å²) < 4.78 is 5.31. The summed E-state index contributed by atoms with van der Waals surface area (Å²) in [7, 11) is 0. The Balaban J connectivity index is 1.99. The standard InChI is InChI=1S/C10H18N4O/c11-9-6-13-7-14-10(9,12)5-8-1-3-15-4-2-8/h6-8H,1-5,11-12H2,(H,13,14). The number of nitrogens with one attached hydrogen (secondary N) is 1. The minimum Gasteiger partial charge on any atom is -0.398 e. The first-order valence-corrected chi connectivity index (χ1v) is 5.33. The Morgan fingerprint density at radius 1 is 1.53 bits per heavy atom. The number of aliphatic imine (C=N–C) groups is 1. The molecule has 0 aromatic rings. The molecule has 5 nitrogen and oxygen atoms in total. The fraction of sp³-hybridized carbons (Fsp3) is 0.700. The van der Waals surface area contributed by atoms with Crippen molar-refractivity contribution in [3.05, 3.63) is 11.9 Å². The molecule has 0 saturated carbocycles. The van der Waals surface area contributed by atoms with Gasteiger partial charge in [-0.2, -0.15) is 0 Å². The summed E-state index contributed by atoms with van der Waals surface area (Å²) in [5, 5.41) is 2.84. The fourth-order valence-electron chi connectivity index (χ4n) is 2.04. The van der Waals surface area contributed by atoms with E-state index in [1.54, 1.807) is 12.5 Å². The van der Waals surface area contributed by atoms with Crippen molar-refractivity contribution in [3.8, 4) is 0 Å². The Bertz CT molecular complexity index is 283. The molecule has 0 aromatic heterocycles. The number of ether oxygens (including phenoxy) is 1. The van der Waals surface area contributed by atoms with Crippen molar-refractivity contribution in [1.82, 2.24) is 5.32 Å². The fourth-order valence-corrected chi connectivity index (χ4v) is 2.04. The van der Waals surface area contributed by atoms with Crippen LogP contribution in [0.25, 0.3) is 0 Å². The Morgan fingerprint density at radius 2 is 2.27 bits per heavy atom. The minimum atomic E-state index is -0.715. The van der Waals surface area contributed by atoms with Crippen molar-refractivity contribution in [2.75, 3.05) is 13.2 Å². The van der Waals surface area contributed by atoms with Crippen LogP contribution in [0.15, 0.2) is 16.9 Å². The van der Waals surface area contributed by atoms with Gasteiger partial charge >= 0.3 is 0 Å². The highest BCUT2D eigenvalue weighted by atomic mass is 16.5. The average molecular weight is 210 g/mol. The van der Waals surface area contributed by atoms with Crippen LogP contribution in [0, 0.1) is 5.92 Å². The van der Waals surface area contributed by atoms with Gasteiger partial charge in [-0.3, -0.25) is 0 Å². The van der Waals surface area contributed by atoms with Crippen LogP contribution < -0.4 is 16.8 Å². The molecule has 2 heterocycles. The van der Waals surface area contributed by atoms with Gasteiger partial charge in [-0.05, 0) is 25.2 Å². The molecule has 84 valence electrons. The molecule has 1 unspecified atom stereocenters. The van der Waals surface area contributed by atoms with Crippen LogP contribution in [0.1, 0.15) is 19.3 Å².